The summed E-state index contributed by atoms with van der Waals surface area (Å²) in [6, 6.07) is 0. The van der Waals surface area contributed by atoms with Crippen molar-refractivity contribution in [2.45, 2.75) is 18.9 Å². The minimum atomic E-state index is -0.0475. The van der Waals surface area contributed by atoms with Crippen molar-refractivity contribution in [3.05, 3.63) is 48.2 Å². The van der Waals surface area contributed by atoms with Gasteiger partial charge in [-0.3, -0.25) is 4.90 Å². The molecule has 0 aliphatic carbocycles. The SMILES string of the molecule is CC1(N2CCCNCC2)C=CN2CC(C3=CC=COC3)=NC2=C1. The number of hydrogen-bond donors (Lipinski definition) is 1. The van der Waals surface area contributed by atoms with Gasteiger partial charge in [-0.1, -0.05) is 6.08 Å². The fourth-order valence-corrected chi connectivity index (χ4v) is 3.55. The maximum atomic E-state index is 5.40. The molecule has 0 spiro atoms. The van der Waals surface area contributed by atoms with Crippen molar-refractivity contribution in [3.8, 4) is 0 Å². The molecule has 1 N–H and O–H groups in total. The summed E-state index contributed by atoms with van der Waals surface area (Å²) in [6.45, 7) is 8.12. The first-order valence-electron chi connectivity index (χ1n) is 8.44. The van der Waals surface area contributed by atoms with Crippen LogP contribution in [0.3, 0.4) is 0 Å². The fraction of sp³-hybridized carbons (Fsp3) is 0.500. The second-order valence-electron chi connectivity index (χ2n) is 6.65. The maximum Gasteiger partial charge on any atom is 0.131 e. The van der Waals surface area contributed by atoms with E-state index in [1.165, 1.54) is 12.0 Å². The van der Waals surface area contributed by atoms with Gasteiger partial charge < -0.3 is 15.0 Å². The number of rotatable bonds is 2. The summed E-state index contributed by atoms with van der Waals surface area (Å²) in [5.41, 5.74) is 2.25. The van der Waals surface area contributed by atoms with Crippen LogP contribution in [0.4, 0.5) is 0 Å². The number of nitrogens with one attached hydrogen (secondary N) is 1. The van der Waals surface area contributed by atoms with E-state index in [9.17, 15) is 0 Å². The number of hydrogen-bond acceptors (Lipinski definition) is 5. The predicted octanol–water partition coefficient (Wildman–Crippen LogP) is 1.64. The van der Waals surface area contributed by atoms with E-state index >= 15 is 0 Å². The molecular formula is C18H24N4O. The van der Waals surface area contributed by atoms with E-state index in [1.54, 1.807) is 6.26 Å². The number of nitrogens with zero attached hydrogens (tertiary/aromatic N) is 3. The minimum absolute atomic E-state index is 0.0475. The van der Waals surface area contributed by atoms with E-state index in [-0.39, 0.29) is 5.54 Å². The molecule has 0 amide bonds. The summed E-state index contributed by atoms with van der Waals surface area (Å²) in [4.78, 5) is 9.65. The van der Waals surface area contributed by atoms with E-state index in [4.69, 9.17) is 9.73 Å². The molecule has 1 atom stereocenters. The lowest BCUT2D eigenvalue weighted by Crippen LogP contribution is -2.47. The molecule has 0 saturated carbocycles. The van der Waals surface area contributed by atoms with Crippen LogP contribution in [0.5, 0.6) is 0 Å². The summed E-state index contributed by atoms with van der Waals surface area (Å²) < 4.78 is 5.40. The average molecular weight is 312 g/mol. The molecule has 1 saturated heterocycles. The Hall–Kier alpha value is -1.85. The van der Waals surface area contributed by atoms with Crippen LogP contribution in [-0.4, -0.2) is 60.4 Å². The molecule has 23 heavy (non-hydrogen) atoms. The van der Waals surface area contributed by atoms with Crippen LogP contribution in [0.15, 0.2) is 53.2 Å². The number of fused-ring (bicyclic) bond motifs is 1. The Kier molecular flexibility index (Phi) is 3.83. The molecule has 5 nitrogen and oxygen atoms in total. The smallest absolute Gasteiger partial charge is 0.131 e. The Labute approximate surface area is 137 Å². The molecule has 4 aliphatic rings. The molecule has 122 valence electrons. The van der Waals surface area contributed by atoms with Gasteiger partial charge in [0, 0.05) is 31.4 Å². The molecule has 0 aromatic heterocycles. The molecular weight excluding hydrogens is 288 g/mol. The van der Waals surface area contributed by atoms with Gasteiger partial charge >= 0.3 is 0 Å². The standard InChI is InChI=1S/C18H24N4O/c1-18(22-8-3-6-19-7-10-22)5-9-21-13-16(20-17(21)12-18)15-4-2-11-23-14-15/h2,4-5,9,11-12,19H,3,6-8,10,13-14H2,1H3. The lowest BCUT2D eigenvalue weighted by Gasteiger charge is -2.39. The predicted molar refractivity (Wildman–Crippen MR) is 92.0 cm³/mol. The largest absolute Gasteiger partial charge is 0.496 e. The van der Waals surface area contributed by atoms with Gasteiger partial charge in [0.05, 0.1) is 24.1 Å². The molecule has 4 aliphatic heterocycles. The van der Waals surface area contributed by atoms with Crippen molar-refractivity contribution in [2.75, 3.05) is 39.3 Å². The minimum Gasteiger partial charge on any atom is -0.496 e. The number of aliphatic imine (C=N–C) groups is 1. The van der Waals surface area contributed by atoms with Crippen LogP contribution < -0.4 is 5.32 Å². The molecule has 4 heterocycles. The van der Waals surface area contributed by atoms with Crippen molar-refractivity contribution >= 4 is 5.71 Å². The third kappa shape index (κ3) is 2.86. The Bertz CT molecular complexity index is 623. The first-order chi connectivity index (χ1) is 11.2. The quantitative estimate of drug-likeness (QED) is 0.841. The highest BCUT2D eigenvalue weighted by atomic mass is 16.5. The first kappa shape index (κ1) is 14.7. The second-order valence-corrected chi connectivity index (χ2v) is 6.65. The van der Waals surface area contributed by atoms with Gasteiger partial charge in [0.1, 0.15) is 12.4 Å². The third-order valence-electron chi connectivity index (χ3n) is 4.98. The van der Waals surface area contributed by atoms with Gasteiger partial charge in [-0.25, -0.2) is 4.99 Å². The van der Waals surface area contributed by atoms with Gasteiger partial charge in [0.15, 0.2) is 0 Å². The summed E-state index contributed by atoms with van der Waals surface area (Å²) in [7, 11) is 0. The van der Waals surface area contributed by atoms with E-state index in [0.717, 1.165) is 44.3 Å². The molecule has 4 rings (SSSR count). The van der Waals surface area contributed by atoms with Crippen molar-refractivity contribution < 1.29 is 4.74 Å². The van der Waals surface area contributed by atoms with Crippen LogP contribution in [-0.2, 0) is 4.74 Å². The topological polar surface area (TPSA) is 40.1 Å². The van der Waals surface area contributed by atoms with E-state index in [1.807, 2.05) is 6.08 Å². The number of allylic oxidation sites excluding steroid dienone is 2. The normalized spacial score (nSPS) is 31.0. The molecule has 0 radical (unpaired) electrons. The Morgan fingerprint density at radius 3 is 3.13 bits per heavy atom. The fourth-order valence-electron chi connectivity index (χ4n) is 3.55. The van der Waals surface area contributed by atoms with Crippen LogP contribution in [0.1, 0.15) is 13.3 Å². The Morgan fingerprint density at radius 2 is 2.26 bits per heavy atom. The van der Waals surface area contributed by atoms with Crippen LogP contribution in [0.25, 0.3) is 0 Å². The van der Waals surface area contributed by atoms with Gasteiger partial charge in [-0.2, -0.15) is 0 Å². The molecule has 0 aromatic rings. The molecule has 1 fully saturated rings. The van der Waals surface area contributed by atoms with Gasteiger partial charge in [-0.05, 0) is 38.1 Å². The highest BCUT2D eigenvalue weighted by Gasteiger charge is 2.34. The summed E-state index contributed by atoms with van der Waals surface area (Å²) in [5.74, 6) is 1.07. The van der Waals surface area contributed by atoms with Gasteiger partial charge in [0.25, 0.3) is 0 Å². The van der Waals surface area contributed by atoms with Gasteiger partial charge in [0.2, 0.25) is 0 Å². The Morgan fingerprint density at radius 1 is 1.30 bits per heavy atom. The van der Waals surface area contributed by atoms with Crippen LogP contribution >= 0.6 is 0 Å². The zero-order valence-corrected chi connectivity index (χ0v) is 13.7. The summed E-state index contributed by atoms with van der Waals surface area (Å²) >= 11 is 0. The molecule has 1 unspecified atom stereocenters. The van der Waals surface area contributed by atoms with Crippen molar-refractivity contribution in [2.24, 2.45) is 4.99 Å². The highest BCUT2D eigenvalue weighted by molar-refractivity contribution is 6.04. The summed E-state index contributed by atoms with van der Waals surface area (Å²) in [6.07, 6.45) is 13.8. The van der Waals surface area contributed by atoms with Crippen molar-refractivity contribution in [1.82, 2.24) is 15.1 Å². The van der Waals surface area contributed by atoms with Gasteiger partial charge in [-0.15, -0.1) is 0 Å². The second kappa shape index (κ2) is 5.98. The van der Waals surface area contributed by atoms with Crippen LogP contribution in [0, 0.1) is 0 Å². The van der Waals surface area contributed by atoms with Crippen LogP contribution in [0.2, 0.25) is 0 Å². The first-order valence-corrected chi connectivity index (χ1v) is 8.44. The van der Waals surface area contributed by atoms with Crippen molar-refractivity contribution in [3.63, 3.8) is 0 Å². The molecule has 5 heteroatoms. The Balaban J connectivity index is 1.58. The third-order valence-corrected chi connectivity index (χ3v) is 4.98. The maximum absolute atomic E-state index is 5.40. The van der Waals surface area contributed by atoms with E-state index in [2.05, 4.69) is 46.5 Å². The lowest BCUT2D eigenvalue weighted by molar-refractivity contribution is 0.190. The zero-order valence-electron chi connectivity index (χ0n) is 13.7. The number of ether oxygens (including phenoxy) is 1. The van der Waals surface area contributed by atoms with E-state index in [0.29, 0.717) is 6.61 Å². The van der Waals surface area contributed by atoms with Crippen molar-refractivity contribution in [1.29, 1.82) is 0 Å². The monoisotopic (exact) mass is 312 g/mol. The van der Waals surface area contributed by atoms with E-state index < -0.39 is 0 Å². The molecule has 0 aromatic carbocycles. The summed E-state index contributed by atoms with van der Waals surface area (Å²) in [5, 5.41) is 3.48. The lowest BCUT2D eigenvalue weighted by atomic mass is 9.96. The average Bonchev–Trinajstić information content (AvgIpc) is 2.80. The molecule has 0 bridgehead atoms. The zero-order chi connectivity index (χ0) is 15.7. The highest BCUT2D eigenvalue weighted by Crippen LogP contribution is 2.31.